The van der Waals surface area contributed by atoms with E-state index >= 15 is 0 Å². The van der Waals surface area contributed by atoms with Crippen molar-refractivity contribution in [2.45, 2.75) is 46.8 Å². The summed E-state index contributed by atoms with van der Waals surface area (Å²) in [6, 6.07) is 41.4. The SMILES string of the molecule is CC(C)(C)Cc1ccccc1.COc1cc(OCc2ccccn2)ccc1/C=C/c1cc(/C=C/c2ccc3c(c2)CC=C3)n(Cc2ccccc2)n1. The second-order valence-electron chi connectivity index (χ2n) is 14.1. The van der Waals surface area contributed by atoms with Crippen LogP contribution in [0.3, 0.4) is 0 Å². The second kappa shape index (κ2) is 17.3. The maximum absolute atomic E-state index is 5.92. The van der Waals surface area contributed by atoms with Crippen LogP contribution < -0.4 is 9.47 Å². The van der Waals surface area contributed by atoms with Crippen LogP contribution in [0.25, 0.3) is 30.4 Å². The number of rotatable bonds is 11. The quantitative estimate of drug-likeness (QED) is 0.136. The molecule has 4 aromatic carbocycles. The summed E-state index contributed by atoms with van der Waals surface area (Å²) in [5, 5.41) is 4.92. The van der Waals surface area contributed by atoms with Gasteiger partial charge < -0.3 is 9.47 Å². The standard InChI is InChI=1S/C36H31N3O2.C11H16/c1-40-36-24-35(41-26-33-12-5-6-21-37-33)20-17-30(36)16-18-32-23-34(39(38-32)25-28-8-3-2-4-9-28)19-14-27-13-15-29-10-7-11-31(29)22-27;1-11(2,3)9-10-7-5-4-6-8-10/h2-10,12-24H,11,25-26H2,1H3;4-8H,9H2,1-3H3/b18-16+,19-14+;. The molecule has 1 aliphatic carbocycles. The molecule has 5 nitrogen and oxygen atoms in total. The van der Waals surface area contributed by atoms with Crippen molar-refractivity contribution in [3.63, 3.8) is 0 Å². The first kappa shape index (κ1) is 35.9. The summed E-state index contributed by atoms with van der Waals surface area (Å²) >= 11 is 0. The van der Waals surface area contributed by atoms with Crippen LogP contribution in [0, 0.1) is 5.41 Å². The van der Waals surface area contributed by atoms with Gasteiger partial charge in [0, 0.05) is 17.8 Å². The Hall–Kier alpha value is -5.94. The highest BCUT2D eigenvalue weighted by Crippen LogP contribution is 2.28. The molecule has 0 aliphatic heterocycles. The second-order valence-corrected chi connectivity index (χ2v) is 14.1. The first-order valence-corrected chi connectivity index (χ1v) is 17.8. The van der Waals surface area contributed by atoms with Gasteiger partial charge in [-0.25, -0.2) is 0 Å². The molecule has 7 rings (SSSR count). The number of fused-ring (bicyclic) bond motifs is 1. The molecule has 0 amide bonds. The maximum atomic E-state index is 5.92. The van der Waals surface area contributed by atoms with Gasteiger partial charge in [-0.15, -0.1) is 0 Å². The highest BCUT2D eigenvalue weighted by Gasteiger charge is 2.11. The molecule has 52 heavy (non-hydrogen) atoms. The normalized spacial score (nSPS) is 12.2. The Morgan fingerprint density at radius 1 is 0.750 bits per heavy atom. The highest BCUT2D eigenvalue weighted by molar-refractivity contribution is 5.75. The molecule has 0 radical (unpaired) electrons. The Bertz CT molecular complexity index is 2120. The number of hydrogen-bond donors (Lipinski definition) is 0. The van der Waals surface area contributed by atoms with Crippen LogP contribution >= 0.6 is 0 Å². The zero-order chi connectivity index (χ0) is 36.2. The first-order chi connectivity index (χ1) is 25.3. The van der Waals surface area contributed by atoms with Crippen LogP contribution in [0.2, 0.25) is 0 Å². The number of pyridine rings is 1. The van der Waals surface area contributed by atoms with Gasteiger partial charge in [-0.1, -0.05) is 124 Å². The van der Waals surface area contributed by atoms with Crippen molar-refractivity contribution in [2.75, 3.05) is 7.11 Å². The third kappa shape index (κ3) is 10.5. The molecule has 0 unspecified atom stereocenters. The molecule has 0 fully saturated rings. The summed E-state index contributed by atoms with van der Waals surface area (Å²) in [5.74, 6) is 1.46. The fraction of sp³-hybridized carbons (Fsp3) is 0.191. The predicted molar refractivity (Wildman–Crippen MR) is 216 cm³/mol. The molecule has 2 heterocycles. The summed E-state index contributed by atoms with van der Waals surface area (Å²) in [6.07, 6.45) is 16.7. The average Bonchev–Trinajstić information content (AvgIpc) is 3.79. The Morgan fingerprint density at radius 2 is 1.52 bits per heavy atom. The van der Waals surface area contributed by atoms with E-state index in [1.54, 1.807) is 13.3 Å². The predicted octanol–water partition coefficient (Wildman–Crippen LogP) is 11.1. The van der Waals surface area contributed by atoms with Crippen LogP contribution in [-0.2, 0) is 26.0 Å². The highest BCUT2D eigenvalue weighted by atomic mass is 16.5. The van der Waals surface area contributed by atoms with Crippen LogP contribution in [0.15, 0.2) is 134 Å². The van der Waals surface area contributed by atoms with E-state index in [0.717, 1.165) is 47.0 Å². The molecule has 0 bridgehead atoms. The smallest absolute Gasteiger partial charge is 0.130 e. The third-order valence-corrected chi connectivity index (χ3v) is 8.58. The number of methoxy groups -OCH3 is 1. The van der Waals surface area contributed by atoms with Crippen molar-refractivity contribution in [3.8, 4) is 11.5 Å². The Labute approximate surface area is 308 Å². The van der Waals surface area contributed by atoms with Crippen LogP contribution in [0.1, 0.15) is 71.2 Å². The van der Waals surface area contributed by atoms with Gasteiger partial charge >= 0.3 is 0 Å². The van der Waals surface area contributed by atoms with E-state index in [0.29, 0.717) is 18.6 Å². The number of aromatic nitrogens is 3. The zero-order valence-corrected chi connectivity index (χ0v) is 30.6. The molecule has 262 valence electrons. The molecule has 0 saturated carbocycles. The van der Waals surface area contributed by atoms with E-state index in [9.17, 15) is 0 Å². The van der Waals surface area contributed by atoms with E-state index in [-0.39, 0.29) is 0 Å². The monoisotopic (exact) mass is 685 g/mol. The van der Waals surface area contributed by atoms with Crippen molar-refractivity contribution in [1.82, 2.24) is 14.8 Å². The Kier molecular flexibility index (Phi) is 12.0. The van der Waals surface area contributed by atoms with Gasteiger partial charge in [-0.3, -0.25) is 9.67 Å². The summed E-state index contributed by atoms with van der Waals surface area (Å²) in [5.41, 5.74) is 10.6. The van der Waals surface area contributed by atoms with E-state index in [2.05, 4.69) is 129 Å². The maximum Gasteiger partial charge on any atom is 0.130 e. The summed E-state index contributed by atoms with van der Waals surface area (Å²) in [6.45, 7) is 7.88. The van der Waals surface area contributed by atoms with Gasteiger partial charge in [0.2, 0.25) is 0 Å². The summed E-state index contributed by atoms with van der Waals surface area (Å²) < 4.78 is 13.6. The number of ether oxygens (including phenoxy) is 2. The fourth-order valence-electron chi connectivity index (χ4n) is 6.06. The van der Waals surface area contributed by atoms with E-state index < -0.39 is 0 Å². The molecule has 0 N–H and O–H groups in total. The van der Waals surface area contributed by atoms with E-state index in [1.165, 1.54) is 27.8 Å². The van der Waals surface area contributed by atoms with Crippen molar-refractivity contribution >= 4 is 30.4 Å². The van der Waals surface area contributed by atoms with Gasteiger partial charge in [0.15, 0.2) is 0 Å². The lowest BCUT2D eigenvalue weighted by molar-refractivity contribution is 0.299. The number of nitrogens with zero attached hydrogens (tertiary/aromatic N) is 3. The van der Waals surface area contributed by atoms with Crippen LogP contribution in [0.5, 0.6) is 11.5 Å². The number of hydrogen-bond acceptors (Lipinski definition) is 4. The van der Waals surface area contributed by atoms with Crippen molar-refractivity contribution < 1.29 is 9.47 Å². The largest absolute Gasteiger partial charge is 0.496 e. The first-order valence-electron chi connectivity index (χ1n) is 17.8. The zero-order valence-electron chi connectivity index (χ0n) is 30.6. The Morgan fingerprint density at radius 3 is 2.25 bits per heavy atom. The molecule has 0 saturated heterocycles. The van der Waals surface area contributed by atoms with Gasteiger partial charge in [-0.2, -0.15) is 5.10 Å². The molecule has 6 aromatic rings. The molecule has 5 heteroatoms. The van der Waals surface area contributed by atoms with Gasteiger partial charge in [-0.05, 0) is 94.6 Å². The topological polar surface area (TPSA) is 49.2 Å². The van der Waals surface area contributed by atoms with Gasteiger partial charge in [0.1, 0.15) is 18.1 Å². The van der Waals surface area contributed by atoms with Crippen molar-refractivity contribution in [2.24, 2.45) is 5.41 Å². The molecule has 1 aliphatic rings. The summed E-state index contributed by atoms with van der Waals surface area (Å²) in [4.78, 5) is 4.31. The number of allylic oxidation sites excluding steroid dienone is 1. The minimum atomic E-state index is 0.399. The van der Waals surface area contributed by atoms with Gasteiger partial charge in [0.25, 0.3) is 0 Å². The molecule has 0 spiro atoms. The lowest BCUT2D eigenvalue weighted by Gasteiger charge is -2.17. The Balaban J connectivity index is 0.000000362. The average molecular weight is 686 g/mol. The van der Waals surface area contributed by atoms with Crippen LogP contribution in [0.4, 0.5) is 0 Å². The molecular weight excluding hydrogens is 639 g/mol. The van der Waals surface area contributed by atoms with Gasteiger partial charge in [0.05, 0.1) is 30.7 Å². The molecular formula is C47H47N3O2. The van der Waals surface area contributed by atoms with Crippen LogP contribution in [-0.4, -0.2) is 21.9 Å². The minimum absolute atomic E-state index is 0.399. The molecule has 0 atom stereocenters. The lowest BCUT2D eigenvalue weighted by Crippen LogP contribution is -2.08. The fourth-order valence-corrected chi connectivity index (χ4v) is 6.06. The van der Waals surface area contributed by atoms with Crippen molar-refractivity contribution in [1.29, 1.82) is 0 Å². The summed E-state index contributed by atoms with van der Waals surface area (Å²) in [7, 11) is 1.67. The lowest BCUT2D eigenvalue weighted by atomic mass is 9.88. The minimum Gasteiger partial charge on any atom is -0.496 e. The number of benzene rings is 4. The van der Waals surface area contributed by atoms with E-state index in [4.69, 9.17) is 14.6 Å². The van der Waals surface area contributed by atoms with Crippen molar-refractivity contribution in [3.05, 3.63) is 184 Å². The third-order valence-electron chi connectivity index (χ3n) is 8.58. The van der Waals surface area contributed by atoms with E-state index in [1.807, 2.05) is 59.3 Å². The molecule has 2 aromatic heterocycles.